The van der Waals surface area contributed by atoms with Crippen molar-refractivity contribution in [3.8, 4) is 0 Å². The van der Waals surface area contributed by atoms with Crippen molar-refractivity contribution in [2.24, 2.45) is 0 Å². The largest absolute Gasteiger partial charge is 0.381 e. The summed E-state index contributed by atoms with van der Waals surface area (Å²) in [6.07, 6.45) is 6.14. The molecule has 1 atom stereocenters. The molecule has 1 aromatic heterocycles. The van der Waals surface area contributed by atoms with Crippen LogP contribution in [0.1, 0.15) is 56.3 Å². The minimum atomic E-state index is 0.476. The fourth-order valence-electron chi connectivity index (χ4n) is 2.70. The van der Waals surface area contributed by atoms with Gasteiger partial charge in [0.1, 0.15) is 5.69 Å². The van der Waals surface area contributed by atoms with Crippen LogP contribution < -0.4 is 5.32 Å². The Morgan fingerprint density at radius 2 is 2.26 bits per heavy atom. The molecular weight excluding hydrogens is 240 g/mol. The fourth-order valence-corrected chi connectivity index (χ4v) is 2.70. The molecule has 1 N–H and O–H groups in total. The van der Waals surface area contributed by atoms with Gasteiger partial charge in [-0.05, 0) is 19.9 Å². The van der Waals surface area contributed by atoms with E-state index >= 15 is 0 Å². The minimum Gasteiger partial charge on any atom is -0.381 e. The number of nitrogens with one attached hydrogen (secondary N) is 1. The quantitative estimate of drug-likeness (QED) is 0.732. The maximum Gasteiger partial charge on any atom is 0.100 e. The first-order valence-corrected chi connectivity index (χ1v) is 7.51. The van der Waals surface area contributed by atoms with Gasteiger partial charge in [0.25, 0.3) is 0 Å². The zero-order valence-electron chi connectivity index (χ0n) is 12.2. The predicted octanol–water partition coefficient (Wildman–Crippen LogP) is 2.08. The first-order chi connectivity index (χ1) is 9.36. The monoisotopic (exact) mass is 266 g/mol. The third-order valence-corrected chi connectivity index (χ3v) is 3.73. The first kappa shape index (κ1) is 14.5. The zero-order valence-corrected chi connectivity index (χ0v) is 12.2. The van der Waals surface area contributed by atoms with Gasteiger partial charge >= 0.3 is 0 Å². The van der Waals surface area contributed by atoms with Gasteiger partial charge in [-0.1, -0.05) is 31.4 Å². The highest BCUT2D eigenvalue weighted by Gasteiger charge is 2.25. The van der Waals surface area contributed by atoms with E-state index in [1.54, 1.807) is 0 Å². The van der Waals surface area contributed by atoms with Gasteiger partial charge in [-0.25, -0.2) is 4.68 Å². The molecule has 19 heavy (non-hydrogen) atoms. The Hall–Kier alpha value is -0.940. The molecule has 0 bridgehead atoms. The SMILES string of the molecule is CCCCCCn1nnc(CNC)c1C1CCOC1. The molecule has 1 unspecified atom stereocenters. The van der Waals surface area contributed by atoms with Crippen molar-refractivity contribution in [3.63, 3.8) is 0 Å². The Morgan fingerprint density at radius 1 is 1.37 bits per heavy atom. The molecule has 1 saturated heterocycles. The van der Waals surface area contributed by atoms with Crippen LogP contribution in [0.3, 0.4) is 0 Å². The summed E-state index contributed by atoms with van der Waals surface area (Å²) in [7, 11) is 1.95. The molecule has 0 saturated carbocycles. The molecule has 5 heteroatoms. The minimum absolute atomic E-state index is 0.476. The molecule has 1 aliphatic rings. The normalized spacial score (nSPS) is 19.2. The average molecular weight is 266 g/mol. The van der Waals surface area contributed by atoms with Gasteiger partial charge in [0.2, 0.25) is 0 Å². The third-order valence-electron chi connectivity index (χ3n) is 3.73. The number of aromatic nitrogens is 3. The summed E-state index contributed by atoms with van der Waals surface area (Å²) in [6.45, 7) is 5.70. The third kappa shape index (κ3) is 3.76. The number of unbranched alkanes of at least 4 members (excludes halogenated alkanes) is 3. The number of rotatable bonds is 8. The summed E-state index contributed by atoms with van der Waals surface area (Å²) < 4.78 is 7.64. The molecular formula is C14H26N4O. The highest BCUT2D eigenvalue weighted by Crippen LogP contribution is 2.27. The van der Waals surface area contributed by atoms with Crippen LogP contribution in [0, 0.1) is 0 Å². The van der Waals surface area contributed by atoms with Gasteiger partial charge < -0.3 is 10.1 Å². The van der Waals surface area contributed by atoms with Gasteiger partial charge in [0.15, 0.2) is 0 Å². The van der Waals surface area contributed by atoms with Gasteiger partial charge in [0, 0.05) is 25.6 Å². The molecule has 0 radical (unpaired) electrons. The standard InChI is InChI=1S/C14H26N4O/c1-3-4-5-6-8-18-14(12-7-9-19-11-12)13(10-15-2)16-17-18/h12,15H,3-11H2,1-2H3. The molecule has 5 nitrogen and oxygen atoms in total. The van der Waals surface area contributed by atoms with Crippen LogP contribution in [0.15, 0.2) is 0 Å². The zero-order chi connectivity index (χ0) is 13.5. The molecule has 1 aliphatic heterocycles. The summed E-state index contributed by atoms with van der Waals surface area (Å²) in [4.78, 5) is 0. The van der Waals surface area contributed by atoms with E-state index in [-0.39, 0.29) is 0 Å². The van der Waals surface area contributed by atoms with E-state index in [2.05, 4.69) is 27.2 Å². The van der Waals surface area contributed by atoms with E-state index in [9.17, 15) is 0 Å². The lowest BCUT2D eigenvalue weighted by Crippen LogP contribution is -2.14. The molecule has 2 rings (SSSR count). The lowest BCUT2D eigenvalue weighted by atomic mass is 10.0. The van der Waals surface area contributed by atoms with Crippen LogP contribution in [0.2, 0.25) is 0 Å². The van der Waals surface area contributed by atoms with Crippen molar-refractivity contribution >= 4 is 0 Å². The van der Waals surface area contributed by atoms with Crippen molar-refractivity contribution in [1.82, 2.24) is 20.3 Å². The van der Waals surface area contributed by atoms with Crippen LogP contribution >= 0.6 is 0 Å². The summed E-state index contributed by atoms with van der Waals surface area (Å²) in [6, 6.07) is 0. The van der Waals surface area contributed by atoms with Crippen molar-refractivity contribution in [2.75, 3.05) is 20.3 Å². The first-order valence-electron chi connectivity index (χ1n) is 7.51. The van der Waals surface area contributed by atoms with Crippen molar-refractivity contribution in [2.45, 2.75) is 58.0 Å². The van der Waals surface area contributed by atoms with E-state index in [4.69, 9.17) is 4.74 Å². The van der Waals surface area contributed by atoms with E-state index in [1.807, 2.05) is 7.05 Å². The average Bonchev–Trinajstić information content (AvgIpc) is 3.04. The lowest BCUT2D eigenvalue weighted by Gasteiger charge is -2.12. The Balaban J connectivity index is 2.03. The van der Waals surface area contributed by atoms with Crippen molar-refractivity contribution in [3.05, 3.63) is 11.4 Å². The number of ether oxygens (including phenoxy) is 1. The highest BCUT2D eigenvalue weighted by atomic mass is 16.5. The van der Waals surface area contributed by atoms with Crippen LogP contribution in [-0.2, 0) is 17.8 Å². The lowest BCUT2D eigenvalue weighted by molar-refractivity contribution is 0.193. The Labute approximate surface area is 115 Å². The number of hydrogen-bond donors (Lipinski definition) is 1. The van der Waals surface area contributed by atoms with Gasteiger partial charge in [-0.2, -0.15) is 0 Å². The smallest absolute Gasteiger partial charge is 0.100 e. The van der Waals surface area contributed by atoms with E-state index in [1.165, 1.54) is 31.4 Å². The molecule has 1 fully saturated rings. The maximum absolute atomic E-state index is 5.52. The topological polar surface area (TPSA) is 52.0 Å². The van der Waals surface area contributed by atoms with Crippen LogP contribution in [-0.4, -0.2) is 35.3 Å². The van der Waals surface area contributed by atoms with Gasteiger partial charge in [0.05, 0.1) is 12.3 Å². The number of nitrogens with zero attached hydrogens (tertiary/aromatic N) is 3. The predicted molar refractivity (Wildman–Crippen MR) is 75.1 cm³/mol. The van der Waals surface area contributed by atoms with Crippen molar-refractivity contribution < 1.29 is 4.74 Å². The molecule has 1 aromatic rings. The van der Waals surface area contributed by atoms with E-state index in [0.717, 1.165) is 38.4 Å². The van der Waals surface area contributed by atoms with E-state index < -0.39 is 0 Å². The molecule has 0 aromatic carbocycles. The highest BCUT2D eigenvalue weighted by molar-refractivity contribution is 5.17. The molecule has 0 amide bonds. The second-order valence-electron chi connectivity index (χ2n) is 5.30. The number of hydrogen-bond acceptors (Lipinski definition) is 4. The van der Waals surface area contributed by atoms with Crippen molar-refractivity contribution in [1.29, 1.82) is 0 Å². The Morgan fingerprint density at radius 3 is 2.95 bits per heavy atom. The summed E-state index contributed by atoms with van der Waals surface area (Å²) in [5, 5.41) is 11.9. The Bertz CT molecular complexity index is 372. The van der Waals surface area contributed by atoms with Gasteiger partial charge in [-0.3, -0.25) is 0 Å². The van der Waals surface area contributed by atoms with E-state index in [0.29, 0.717) is 5.92 Å². The molecule has 2 heterocycles. The summed E-state index contributed by atoms with van der Waals surface area (Å²) in [5.41, 5.74) is 2.39. The second-order valence-corrected chi connectivity index (χ2v) is 5.30. The van der Waals surface area contributed by atoms with Gasteiger partial charge in [-0.15, -0.1) is 5.10 Å². The molecule has 108 valence electrons. The molecule has 0 spiro atoms. The summed E-state index contributed by atoms with van der Waals surface area (Å²) in [5.74, 6) is 0.476. The van der Waals surface area contributed by atoms with Crippen LogP contribution in [0.25, 0.3) is 0 Å². The second kappa shape index (κ2) is 7.60. The maximum atomic E-state index is 5.52. The summed E-state index contributed by atoms with van der Waals surface area (Å²) >= 11 is 0. The van der Waals surface area contributed by atoms with Crippen LogP contribution in [0.5, 0.6) is 0 Å². The number of aryl methyl sites for hydroxylation is 1. The van der Waals surface area contributed by atoms with Crippen LogP contribution in [0.4, 0.5) is 0 Å². The Kier molecular flexibility index (Phi) is 5.79. The fraction of sp³-hybridized carbons (Fsp3) is 0.857. The molecule has 0 aliphatic carbocycles.